The Labute approximate surface area is 117 Å². The summed E-state index contributed by atoms with van der Waals surface area (Å²) in [6, 6.07) is 5.97. The largest absolute Gasteiger partial charge is 0.507 e. The number of aromatic hydroxyl groups is 1. The molecular formula is C15H9F3O3. The van der Waals surface area contributed by atoms with Crippen molar-refractivity contribution in [3.05, 3.63) is 52.6 Å². The van der Waals surface area contributed by atoms with Crippen molar-refractivity contribution in [3.63, 3.8) is 0 Å². The van der Waals surface area contributed by atoms with Gasteiger partial charge in [-0.1, -0.05) is 6.07 Å². The summed E-state index contributed by atoms with van der Waals surface area (Å²) in [5.41, 5.74) is 1.21. The number of rotatable bonds is 1. The van der Waals surface area contributed by atoms with Gasteiger partial charge in [-0.25, -0.2) is 4.79 Å². The number of phenols is 1. The molecule has 0 heterocycles. The van der Waals surface area contributed by atoms with Gasteiger partial charge in [0.15, 0.2) is 0 Å². The minimum atomic E-state index is -4.42. The average Bonchev–Trinajstić information content (AvgIpc) is 2.72. The summed E-state index contributed by atoms with van der Waals surface area (Å²) in [5, 5.41) is 18.6. The van der Waals surface area contributed by atoms with Gasteiger partial charge in [-0.05, 0) is 52.9 Å². The van der Waals surface area contributed by atoms with E-state index >= 15 is 0 Å². The van der Waals surface area contributed by atoms with E-state index in [1.165, 1.54) is 18.2 Å². The number of carboxylic acid groups (broad SMARTS) is 1. The van der Waals surface area contributed by atoms with E-state index in [9.17, 15) is 23.1 Å². The van der Waals surface area contributed by atoms with Gasteiger partial charge in [0, 0.05) is 0 Å². The van der Waals surface area contributed by atoms with E-state index in [0.29, 0.717) is 22.3 Å². The molecule has 2 aromatic carbocycles. The second kappa shape index (κ2) is 4.25. The summed E-state index contributed by atoms with van der Waals surface area (Å²) < 4.78 is 38.1. The topological polar surface area (TPSA) is 57.5 Å². The maximum absolute atomic E-state index is 12.7. The first-order chi connectivity index (χ1) is 9.77. The first-order valence-electron chi connectivity index (χ1n) is 6.07. The molecule has 0 saturated carbocycles. The Balaban J connectivity index is 2.15. The molecule has 0 saturated heterocycles. The Morgan fingerprint density at radius 2 is 1.71 bits per heavy atom. The van der Waals surface area contributed by atoms with Crippen LogP contribution in [0.1, 0.15) is 27.0 Å². The predicted octanol–water partition coefficient (Wildman–Crippen LogP) is 3.68. The van der Waals surface area contributed by atoms with Crippen LogP contribution in [0.5, 0.6) is 5.75 Å². The van der Waals surface area contributed by atoms with Gasteiger partial charge in [0.05, 0.1) is 5.56 Å². The molecule has 2 aromatic rings. The molecule has 0 spiro atoms. The van der Waals surface area contributed by atoms with Crippen molar-refractivity contribution in [1.82, 2.24) is 0 Å². The molecule has 0 fully saturated rings. The molecule has 0 aliphatic heterocycles. The average molecular weight is 294 g/mol. The van der Waals surface area contributed by atoms with Crippen molar-refractivity contribution < 1.29 is 28.2 Å². The van der Waals surface area contributed by atoms with E-state index in [1.807, 2.05) is 0 Å². The van der Waals surface area contributed by atoms with Gasteiger partial charge in [-0.2, -0.15) is 13.2 Å². The molecule has 108 valence electrons. The van der Waals surface area contributed by atoms with E-state index in [0.717, 1.165) is 12.1 Å². The number of fused-ring (bicyclic) bond motifs is 3. The molecule has 0 bridgehead atoms. The van der Waals surface area contributed by atoms with Crippen LogP contribution in [-0.2, 0) is 12.6 Å². The van der Waals surface area contributed by atoms with Gasteiger partial charge in [-0.15, -0.1) is 0 Å². The minimum absolute atomic E-state index is 0.238. The molecule has 0 unspecified atom stereocenters. The summed E-state index contributed by atoms with van der Waals surface area (Å²) in [6.45, 7) is 0. The first kappa shape index (κ1) is 13.5. The van der Waals surface area contributed by atoms with Gasteiger partial charge in [0.1, 0.15) is 11.3 Å². The number of benzene rings is 2. The molecule has 0 aromatic heterocycles. The van der Waals surface area contributed by atoms with Crippen LogP contribution < -0.4 is 0 Å². The van der Waals surface area contributed by atoms with E-state index in [-0.39, 0.29) is 17.7 Å². The third-order valence-electron chi connectivity index (χ3n) is 3.56. The van der Waals surface area contributed by atoms with Crippen LogP contribution >= 0.6 is 0 Å². The molecule has 1 aliphatic carbocycles. The third kappa shape index (κ3) is 2.12. The normalized spacial score (nSPS) is 12.9. The van der Waals surface area contributed by atoms with E-state index in [2.05, 4.69) is 0 Å². The summed E-state index contributed by atoms with van der Waals surface area (Å²) >= 11 is 0. The Bertz CT molecular complexity index is 763. The van der Waals surface area contributed by atoms with Crippen LogP contribution in [0.2, 0.25) is 0 Å². The number of hydrogen-bond acceptors (Lipinski definition) is 2. The lowest BCUT2D eigenvalue weighted by Crippen LogP contribution is -2.05. The number of carboxylic acids is 1. The molecule has 2 N–H and O–H groups in total. The highest BCUT2D eigenvalue weighted by molar-refractivity contribution is 5.94. The molecule has 1 aliphatic rings. The zero-order valence-corrected chi connectivity index (χ0v) is 10.5. The molecular weight excluding hydrogens is 285 g/mol. The van der Waals surface area contributed by atoms with Crippen molar-refractivity contribution >= 4 is 5.97 Å². The van der Waals surface area contributed by atoms with Crippen molar-refractivity contribution in [2.75, 3.05) is 0 Å². The number of aromatic carboxylic acids is 1. The maximum Gasteiger partial charge on any atom is 0.416 e. The number of halogens is 3. The first-order valence-corrected chi connectivity index (χ1v) is 6.07. The molecule has 0 amide bonds. The molecule has 3 nitrogen and oxygen atoms in total. The Morgan fingerprint density at radius 1 is 1.05 bits per heavy atom. The highest BCUT2D eigenvalue weighted by Crippen LogP contribution is 2.42. The summed E-state index contributed by atoms with van der Waals surface area (Å²) in [5.74, 6) is -1.67. The Hall–Kier alpha value is -2.50. The summed E-state index contributed by atoms with van der Waals surface area (Å²) in [6.07, 6.45) is -4.18. The highest BCUT2D eigenvalue weighted by atomic mass is 19.4. The van der Waals surface area contributed by atoms with Crippen LogP contribution in [-0.4, -0.2) is 16.2 Å². The standard InChI is InChI=1S/C15H9F3O3/c16-15(17,18)9-1-2-10-7(4-9)3-8-5-13(19)12(14(20)21)6-11(8)10/h1-2,4-6,19H,3H2,(H,20,21). The van der Waals surface area contributed by atoms with Crippen molar-refractivity contribution in [1.29, 1.82) is 0 Å². The fourth-order valence-electron chi connectivity index (χ4n) is 2.58. The fourth-order valence-corrected chi connectivity index (χ4v) is 2.58. The maximum atomic E-state index is 12.7. The van der Waals surface area contributed by atoms with Crippen molar-refractivity contribution in [2.24, 2.45) is 0 Å². The molecule has 6 heteroatoms. The van der Waals surface area contributed by atoms with Crippen LogP contribution in [0, 0.1) is 0 Å². The van der Waals surface area contributed by atoms with Gasteiger partial charge in [0.25, 0.3) is 0 Å². The van der Waals surface area contributed by atoms with Gasteiger partial charge in [-0.3, -0.25) is 0 Å². The lowest BCUT2D eigenvalue weighted by Gasteiger charge is -2.09. The highest BCUT2D eigenvalue weighted by Gasteiger charge is 2.32. The van der Waals surface area contributed by atoms with Crippen LogP contribution in [0.25, 0.3) is 11.1 Å². The van der Waals surface area contributed by atoms with Crippen LogP contribution in [0.4, 0.5) is 13.2 Å². The summed E-state index contributed by atoms with van der Waals surface area (Å²) in [4.78, 5) is 11.0. The minimum Gasteiger partial charge on any atom is -0.507 e. The van der Waals surface area contributed by atoms with Crippen LogP contribution in [0.15, 0.2) is 30.3 Å². The predicted molar refractivity (Wildman–Crippen MR) is 68.3 cm³/mol. The second-order valence-corrected chi connectivity index (χ2v) is 4.88. The number of carbonyl (C=O) groups is 1. The van der Waals surface area contributed by atoms with Crippen LogP contribution in [0.3, 0.4) is 0 Å². The van der Waals surface area contributed by atoms with E-state index in [4.69, 9.17) is 5.11 Å². The number of hydrogen-bond donors (Lipinski definition) is 2. The lowest BCUT2D eigenvalue weighted by molar-refractivity contribution is -0.137. The van der Waals surface area contributed by atoms with Crippen molar-refractivity contribution in [3.8, 4) is 16.9 Å². The monoisotopic (exact) mass is 294 g/mol. The lowest BCUT2D eigenvalue weighted by atomic mass is 10.0. The SMILES string of the molecule is O=C(O)c1cc2c(cc1O)Cc1cc(C(F)(F)F)ccc1-2. The molecule has 21 heavy (non-hydrogen) atoms. The third-order valence-corrected chi connectivity index (χ3v) is 3.56. The zero-order chi connectivity index (χ0) is 15.4. The second-order valence-electron chi connectivity index (χ2n) is 4.88. The van der Waals surface area contributed by atoms with Gasteiger partial charge in [0.2, 0.25) is 0 Å². The molecule has 0 atom stereocenters. The zero-order valence-electron chi connectivity index (χ0n) is 10.5. The smallest absolute Gasteiger partial charge is 0.416 e. The Morgan fingerprint density at radius 3 is 2.33 bits per heavy atom. The van der Waals surface area contributed by atoms with Crippen molar-refractivity contribution in [2.45, 2.75) is 12.6 Å². The van der Waals surface area contributed by atoms with Gasteiger partial charge < -0.3 is 10.2 Å². The van der Waals surface area contributed by atoms with E-state index < -0.39 is 17.7 Å². The Kier molecular flexibility index (Phi) is 2.73. The quantitative estimate of drug-likeness (QED) is 0.719. The fraction of sp³-hybridized carbons (Fsp3) is 0.133. The summed E-state index contributed by atoms with van der Waals surface area (Å²) in [7, 11) is 0. The molecule has 0 radical (unpaired) electrons. The number of alkyl halides is 3. The molecule has 3 rings (SSSR count). The van der Waals surface area contributed by atoms with E-state index in [1.54, 1.807) is 0 Å². The van der Waals surface area contributed by atoms with Gasteiger partial charge >= 0.3 is 12.1 Å².